The Kier molecular flexibility index (Phi) is 5.27. The lowest BCUT2D eigenvalue weighted by Crippen LogP contribution is -2.48. The van der Waals surface area contributed by atoms with Gasteiger partial charge < -0.3 is 14.7 Å². The third-order valence-electron chi connectivity index (χ3n) is 3.75. The van der Waals surface area contributed by atoms with E-state index in [0.717, 1.165) is 5.06 Å². The van der Waals surface area contributed by atoms with Crippen LogP contribution < -0.4 is 0 Å². The van der Waals surface area contributed by atoms with Gasteiger partial charge >= 0.3 is 0 Å². The molecular weight excluding hydrogens is 318 g/mol. The molecule has 128 valence electrons. The Morgan fingerprint density at radius 1 is 1.35 bits per heavy atom. The third-order valence-corrected chi connectivity index (χ3v) is 5.52. The quantitative estimate of drug-likeness (QED) is 0.629. The number of ether oxygens (including phenoxy) is 2. The molecule has 0 aromatic heterocycles. The fourth-order valence-corrected chi connectivity index (χ4v) is 4.28. The maximum atomic E-state index is 12.6. The molecule has 7 heteroatoms. The van der Waals surface area contributed by atoms with E-state index in [9.17, 15) is 13.6 Å². The molecule has 3 atom stereocenters. The molecule has 6 nitrogen and oxygen atoms in total. The number of likely N-dealkylation sites (N-methyl/N-ethyl adjacent to an activating group) is 1. The molecule has 0 radical (unpaired) electrons. The lowest BCUT2D eigenvalue weighted by molar-refractivity contribution is -0.171. The van der Waals surface area contributed by atoms with Gasteiger partial charge in [-0.15, -0.1) is 6.58 Å². The van der Waals surface area contributed by atoms with Crippen molar-refractivity contribution in [2.45, 2.75) is 42.8 Å². The second-order valence-corrected chi connectivity index (χ2v) is 8.07. The average Bonchev–Trinajstić information content (AvgIpc) is 2.80. The van der Waals surface area contributed by atoms with E-state index < -0.39 is 33.9 Å². The topological polar surface area (TPSA) is 76.1 Å². The van der Waals surface area contributed by atoms with E-state index in [1.54, 1.807) is 38.1 Å². The number of hydrogen-bond acceptors (Lipinski definition) is 6. The first-order valence-corrected chi connectivity index (χ1v) is 8.99. The number of hydroxylamine groups is 2. The number of nitrogens with zero attached hydrogens (tertiary/aromatic N) is 1. The highest BCUT2D eigenvalue weighted by molar-refractivity contribution is 7.91. The molecule has 23 heavy (non-hydrogen) atoms. The van der Waals surface area contributed by atoms with Gasteiger partial charge in [-0.3, -0.25) is 0 Å². The SMILES string of the molecule is C=C[C@@H]1OC(C)(C)O[C@@H]1[C@H](CS(=O)(=O)c1ccccc1)N(C)O. The van der Waals surface area contributed by atoms with Crippen molar-refractivity contribution in [2.75, 3.05) is 12.8 Å². The molecule has 1 saturated heterocycles. The summed E-state index contributed by atoms with van der Waals surface area (Å²) in [6.07, 6.45) is 0.414. The van der Waals surface area contributed by atoms with E-state index in [1.165, 1.54) is 19.2 Å². The highest BCUT2D eigenvalue weighted by Gasteiger charge is 2.46. The molecule has 2 rings (SSSR count). The summed E-state index contributed by atoms with van der Waals surface area (Å²) in [5.41, 5.74) is 0. The summed E-state index contributed by atoms with van der Waals surface area (Å²) in [6.45, 7) is 7.18. The summed E-state index contributed by atoms with van der Waals surface area (Å²) in [5, 5.41) is 10.8. The first kappa shape index (κ1) is 18.1. The Morgan fingerprint density at radius 2 is 1.96 bits per heavy atom. The van der Waals surface area contributed by atoms with Gasteiger partial charge in [-0.05, 0) is 26.0 Å². The summed E-state index contributed by atoms with van der Waals surface area (Å²) in [5.74, 6) is -1.16. The molecule has 1 aromatic carbocycles. The van der Waals surface area contributed by atoms with Crippen LogP contribution in [-0.4, -0.2) is 55.5 Å². The van der Waals surface area contributed by atoms with Gasteiger partial charge in [-0.1, -0.05) is 24.3 Å². The first-order valence-electron chi connectivity index (χ1n) is 7.34. The van der Waals surface area contributed by atoms with E-state index >= 15 is 0 Å². The van der Waals surface area contributed by atoms with Gasteiger partial charge in [0.15, 0.2) is 15.6 Å². The Bertz CT molecular complexity index is 642. The Labute approximate surface area is 137 Å². The van der Waals surface area contributed by atoms with Gasteiger partial charge in [-0.25, -0.2) is 8.42 Å². The smallest absolute Gasteiger partial charge is 0.180 e. The number of sulfone groups is 1. The molecule has 0 amide bonds. The molecular formula is C16H23NO5S. The van der Waals surface area contributed by atoms with Gasteiger partial charge in [0.2, 0.25) is 0 Å². The predicted octanol–water partition coefficient (Wildman–Crippen LogP) is 1.86. The normalized spacial score (nSPS) is 25.4. The van der Waals surface area contributed by atoms with Crippen LogP contribution in [0.1, 0.15) is 13.8 Å². The molecule has 0 bridgehead atoms. The minimum absolute atomic E-state index is 0.208. The van der Waals surface area contributed by atoms with Crippen molar-refractivity contribution >= 4 is 9.84 Å². The second kappa shape index (κ2) is 6.70. The fraction of sp³-hybridized carbons (Fsp3) is 0.500. The second-order valence-electron chi connectivity index (χ2n) is 6.04. The van der Waals surface area contributed by atoms with E-state index in [-0.39, 0.29) is 10.6 Å². The minimum atomic E-state index is -3.58. The largest absolute Gasteiger partial charge is 0.342 e. The van der Waals surface area contributed by atoms with Crippen LogP contribution in [0.2, 0.25) is 0 Å². The highest BCUT2D eigenvalue weighted by atomic mass is 32.2. The molecule has 1 N–H and O–H groups in total. The van der Waals surface area contributed by atoms with Crippen molar-refractivity contribution in [3.63, 3.8) is 0 Å². The van der Waals surface area contributed by atoms with E-state index in [2.05, 4.69) is 6.58 Å². The Hall–Kier alpha value is -1.25. The molecule has 0 unspecified atom stereocenters. The maximum Gasteiger partial charge on any atom is 0.180 e. The predicted molar refractivity (Wildman–Crippen MR) is 85.9 cm³/mol. The first-order chi connectivity index (χ1) is 10.7. The lowest BCUT2D eigenvalue weighted by Gasteiger charge is -2.29. The summed E-state index contributed by atoms with van der Waals surface area (Å²) in [7, 11) is -2.18. The molecule has 0 spiro atoms. The number of hydrogen-bond donors (Lipinski definition) is 1. The van der Waals surface area contributed by atoms with E-state index in [0.29, 0.717) is 0 Å². The third kappa shape index (κ3) is 4.19. The molecule has 1 aliphatic rings. The Balaban J connectivity index is 2.28. The van der Waals surface area contributed by atoms with Gasteiger partial charge in [-0.2, -0.15) is 5.06 Å². The highest BCUT2D eigenvalue weighted by Crippen LogP contribution is 2.32. The van der Waals surface area contributed by atoms with Crippen LogP contribution in [0, 0.1) is 0 Å². The van der Waals surface area contributed by atoms with Crippen molar-refractivity contribution in [1.29, 1.82) is 0 Å². The van der Waals surface area contributed by atoms with Gasteiger partial charge in [0.1, 0.15) is 12.2 Å². The Morgan fingerprint density at radius 3 is 2.48 bits per heavy atom. The zero-order chi connectivity index (χ0) is 17.3. The molecule has 1 fully saturated rings. The van der Waals surface area contributed by atoms with E-state index in [1.807, 2.05) is 0 Å². The lowest BCUT2D eigenvalue weighted by atomic mass is 10.1. The van der Waals surface area contributed by atoms with Crippen molar-refractivity contribution < 1.29 is 23.1 Å². The van der Waals surface area contributed by atoms with Crippen molar-refractivity contribution in [3.05, 3.63) is 43.0 Å². The van der Waals surface area contributed by atoms with Crippen LogP contribution in [0.4, 0.5) is 0 Å². The number of rotatable bonds is 6. The molecule has 1 aliphatic heterocycles. The van der Waals surface area contributed by atoms with Crippen molar-refractivity contribution in [1.82, 2.24) is 5.06 Å². The van der Waals surface area contributed by atoms with Crippen LogP contribution in [0.15, 0.2) is 47.9 Å². The number of benzene rings is 1. The molecule has 1 heterocycles. The summed E-state index contributed by atoms with van der Waals surface area (Å²) < 4.78 is 36.7. The van der Waals surface area contributed by atoms with Gasteiger partial charge in [0.05, 0.1) is 16.7 Å². The molecule has 0 saturated carbocycles. The van der Waals surface area contributed by atoms with Crippen LogP contribution in [-0.2, 0) is 19.3 Å². The molecule has 1 aromatic rings. The monoisotopic (exact) mass is 341 g/mol. The fourth-order valence-electron chi connectivity index (χ4n) is 2.66. The van der Waals surface area contributed by atoms with Gasteiger partial charge in [0, 0.05) is 7.05 Å². The zero-order valence-electron chi connectivity index (χ0n) is 13.5. The summed E-state index contributed by atoms with van der Waals surface area (Å²) >= 11 is 0. The standard InChI is InChI=1S/C16H23NO5S/c1-5-14-15(22-16(2,3)21-14)13(17(4)18)11-23(19,20)12-9-7-6-8-10-12/h5-10,13-15,18H,1,11H2,2-4H3/t13-,14-,15+/m0/s1. The summed E-state index contributed by atoms with van der Waals surface area (Å²) in [4.78, 5) is 0.208. The minimum Gasteiger partial charge on any atom is -0.342 e. The van der Waals surface area contributed by atoms with Crippen molar-refractivity contribution in [2.24, 2.45) is 0 Å². The maximum absolute atomic E-state index is 12.6. The zero-order valence-corrected chi connectivity index (χ0v) is 14.4. The van der Waals surface area contributed by atoms with Crippen LogP contribution in [0.3, 0.4) is 0 Å². The summed E-state index contributed by atoms with van der Waals surface area (Å²) in [6, 6.07) is 7.35. The molecule has 0 aliphatic carbocycles. The van der Waals surface area contributed by atoms with Crippen LogP contribution in [0.25, 0.3) is 0 Å². The van der Waals surface area contributed by atoms with Crippen molar-refractivity contribution in [3.8, 4) is 0 Å². The average molecular weight is 341 g/mol. The van der Waals surface area contributed by atoms with E-state index in [4.69, 9.17) is 9.47 Å². The van der Waals surface area contributed by atoms with Crippen LogP contribution in [0.5, 0.6) is 0 Å². The van der Waals surface area contributed by atoms with Crippen LogP contribution >= 0.6 is 0 Å². The van der Waals surface area contributed by atoms with Gasteiger partial charge in [0.25, 0.3) is 0 Å².